The minimum absolute atomic E-state index is 0.123. The zero-order valence-electron chi connectivity index (χ0n) is 14.9. The molecule has 4 rings (SSSR count). The summed E-state index contributed by atoms with van der Waals surface area (Å²) in [5.74, 6) is -0.372. The number of aliphatic imine (C=N–C) groups is 1. The van der Waals surface area contributed by atoms with Crippen LogP contribution in [0.4, 0.5) is 11.4 Å². The molecule has 1 saturated heterocycles. The van der Waals surface area contributed by atoms with Gasteiger partial charge in [-0.2, -0.15) is 0 Å². The van der Waals surface area contributed by atoms with Crippen molar-refractivity contribution in [1.82, 2.24) is 0 Å². The summed E-state index contributed by atoms with van der Waals surface area (Å²) in [6, 6.07) is 21.7. The van der Waals surface area contributed by atoms with Crippen molar-refractivity contribution in [3.05, 3.63) is 93.3 Å². The number of hydrogen-bond acceptors (Lipinski definition) is 4. The van der Waals surface area contributed by atoms with Gasteiger partial charge in [0, 0.05) is 10.6 Å². The number of rotatable bonds is 3. The molecule has 0 saturated carbocycles. The van der Waals surface area contributed by atoms with E-state index in [9.17, 15) is 9.90 Å². The number of para-hydroxylation sites is 2. The first-order chi connectivity index (χ1) is 14.0. The van der Waals surface area contributed by atoms with Gasteiger partial charge in [-0.1, -0.05) is 59.6 Å². The summed E-state index contributed by atoms with van der Waals surface area (Å²) in [6.45, 7) is 0. The van der Waals surface area contributed by atoms with Crippen molar-refractivity contribution in [2.45, 2.75) is 0 Å². The minimum atomic E-state index is -0.244. The predicted molar refractivity (Wildman–Crippen MR) is 121 cm³/mol. The number of phenolic OH excluding ortho intramolecular Hbond substituents is 1. The monoisotopic (exact) mass is 440 g/mol. The van der Waals surface area contributed by atoms with E-state index in [-0.39, 0.29) is 16.7 Å². The van der Waals surface area contributed by atoms with Crippen LogP contribution < -0.4 is 4.90 Å². The van der Waals surface area contributed by atoms with Gasteiger partial charge in [-0.3, -0.25) is 9.69 Å². The van der Waals surface area contributed by atoms with Crippen molar-refractivity contribution in [3.8, 4) is 5.75 Å². The van der Waals surface area contributed by atoms with Crippen LogP contribution in [0.15, 0.2) is 82.7 Å². The highest BCUT2D eigenvalue weighted by molar-refractivity contribution is 8.19. The van der Waals surface area contributed by atoms with Gasteiger partial charge in [-0.05, 0) is 54.2 Å². The van der Waals surface area contributed by atoms with E-state index in [0.717, 1.165) is 5.69 Å². The molecule has 1 amide bonds. The number of amidine groups is 1. The third kappa shape index (κ3) is 4.17. The van der Waals surface area contributed by atoms with E-state index in [0.29, 0.717) is 26.3 Å². The molecular weight excluding hydrogens is 427 g/mol. The molecule has 1 N–H and O–H groups in total. The van der Waals surface area contributed by atoms with E-state index < -0.39 is 0 Å². The van der Waals surface area contributed by atoms with Gasteiger partial charge >= 0.3 is 0 Å². The number of thioether (sulfide) groups is 1. The van der Waals surface area contributed by atoms with E-state index in [4.69, 9.17) is 23.2 Å². The highest BCUT2D eigenvalue weighted by atomic mass is 35.5. The molecule has 3 aromatic rings. The average molecular weight is 441 g/mol. The molecule has 1 fully saturated rings. The molecule has 1 aliphatic rings. The van der Waals surface area contributed by atoms with Crippen LogP contribution in [0.2, 0.25) is 10.0 Å². The van der Waals surface area contributed by atoms with Crippen molar-refractivity contribution in [2.24, 2.45) is 4.99 Å². The third-order valence-corrected chi connectivity index (χ3v) is 5.62. The Morgan fingerprint density at radius 2 is 1.62 bits per heavy atom. The Morgan fingerprint density at radius 3 is 2.31 bits per heavy atom. The fraction of sp³-hybridized carbons (Fsp3) is 0. The Bertz CT molecular complexity index is 1130. The zero-order valence-corrected chi connectivity index (χ0v) is 17.2. The molecule has 0 radical (unpaired) electrons. The normalized spacial score (nSPS) is 16.8. The molecule has 1 aliphatic heterocycles. The van der Waals surface area contributed by atoms with E-state index >= 15 is 0 Å². The first kappa shape index (κ1) is 19.6. The Morgan fingerprint density at radius 1 is 0.966 bits per heavy atom. The quantitative estimate of drug-likeness (QED) is 0.472. The molecule has 0 spiro atoms. The third-order valence-electron chi connectivity index (χ3n) is 4.15. The van der Waals surface area contributed by atoms with Crippen molar-refractivity contribution >= 4 is 63.5 Å². The topological polar surface area (TPSA) is 52.9 Å². The number of anilines is 1. The van der Waals surface area contributed by atoms with Gasteiger partial charge in [0.05, 0.1) is 21.3 Å². The van der Waals surface area contributed by atoms with Crippen LogP contribution in [-0.2, 0) is 4.79 Å². The van der Waals surface area contributed by atoms with Gasteiger partial charge in [-0.15, -0.1) is 0 Å². The van der Waals surface area contributed by atoms with Crippen molar-refractivity contribution < 1.29 is 9.90 Å². The van der Waals surface area contributed by atoms with E-state index in [1.54, 1.807) is 17.0 Å². The summed E-state index contributed by atoms with van der Waals surface area (Å²) >= 11 is 13.3. The molecular formula is C22H14Cl2N2O2S. The Hall–Kier alpha value is -2.73. The van der Waals surface area contributed by atoms with Crippen LogP contribution in [0.25, 0.3) is 6.08 Å². The van der Waals surface area contributed by atoms with Gasteiger partial charge in [0.25, 0.3) is 5.91 Å². The summed E-state index contributed by atoms with van der Waals surface area (Å²) in [4.78, 5) is 19.8. The highest BCUT2D eigenvalue weighted by Gasteiger charge is 2.35. The lowest BCUT2D eigenvalue weighted by molar-refractivity contribution is -0.113. The molecule has 144 valence electrons. The molecule has 0 bridgehead atoms. The number of carbonyl (C=O) groups is 1. The molecule has 3 aromatic carbocycles. The van der Waals surface area contributed by atoms with Crippen molar-refractivity contribution in [3.63, 3.8) is 0 Å². The van der Waals surface area contributed by atoms with Gasteiger partial charge < -0.3 is 5.11 Å². The van der Waals surface area contributed by atoms with Crippen molar-refractivity contribution in [1.29, 1.82) is 0 Å². The predicted octanol–water partition coefficient (Wildman–Crippen LogP) is 6.51. The fourth-order valence-electron chi connectivity index (χ4n) is 2.80. The van der Waals surface area contributed by atoms with Crippen LogP contribution in [-0.4, -0.2) is 16.2 Å². The van der Waals surface area contributed by atoms with E-state index in [2.05, 4.69) is 4.99 Å². The maximum absolute atomic E-state index is 13.2. The molecule has 1 heterocycles. The summed E-state index contributed by atoms with van der Waals surface area (Å²) in [5.41, 5.74) is 1.81. The molecule has 29 heavy (non-hydrogen) atoms. The second kappa shape index (κ2) is 8.33. The number of benzene rings is 3. The molecule has 0 atom stereocenters. The van der Waals surface area contributed by atoms with Crippen LogP contribution in [0.3, 0.4) is 0 Å². The molecule has 0 aliphatic carbocycles. The summed E-state index contributed by atoms with van der Waals surface area (Å²) in [7, 11) is 0. The first-order valence-electron chi connectivity index (χ1n) is 8.64. The number of amides is 1. The van der Waals surface area contributed by atoms with Gasteiger partial charge in [0.2, 0.25) is 0 Å². The summed E-state index contributed by atoms with van der Waals surface area (Å²) in [6.07, 6.45) is 1.57. The number of carbonyl (C=O) groups excluding carboxylic acids is 1. The number of aromatic hydroxyl groups is 1. The van der Waals surface area contributed by atoms with Gasteiger partial charge in [0.15, 0.2) is 5.17 Å². The van der Waals surface area contributed by atoms with E-state index in [1.165, 1.54) is 17.8 Å². The second-order valence-electron chi connectivity index (χ2n) is 6.14. The lowest BCUT2D eigenvalue weighted by atomic mass is 10.2. The Labute approximate surface area is 182 Å². The minimum Gasteiger partial charge on any atom is -0.506 e. The molecule has 0 unspecified atom stereocenters. The molecule has 7 heteroatoms. The standard InChI is InChI=1S/C22H14Cl2N2O2S/c23-15-11-14(20(27)18(24)13-15)12-19-21(28)26(17-9-5-2-6-10-17)22(29-19)25-16-7-3-1-4-8-16/h1-13,27H/b19-12-,25-22?. The Balaban J connectivity index is 1.80. The lowest BCUT2D eigenvalue weighted by Crippen LogP contribution is -2.28. The maximum atomic E-state index is 13.2. The molecule has 4 nitrogen and oxygen atoms in total. The summed E-state index contributed by atoms with van der Waals surface area (Å²) in [5, 5.41) is 11.3. The largest absolute Gasteiger partial charge is 0.506 e. The number of hydrogen-bond donors (Lipinski definition) is 1. The first-order valence-corrected chi connectivity index (χ1v) is 10.2. The van der Waals surface area contributed by atoms with Crippen LogP contribution in [0, 0.1) is 0 Å². The van der Waals surface area contributed by atoms with Crippen LogP contribution >= 0.6 is 35.0 Å². The summed E-state index contributed by atoms with van der Waals surface area (Å²) < 4.78 is 0. The fourth-order valence-corrected chi connectivity index (χ4v) is 4.30. The van der Waals surface area contributed by atoms with E-state index in [1.807, 2.05) is 60.7 Å². The SMILES string of the molecule is O=C1/C(=C/c2cc(Cl)cc(Cl)c2O)SC(=Nc2ccccc2)N1c1ccccc1. The van der Waals surface area contributed by atoms with Gasteiger partial charge in [-0.25, -0.2) is 4.99 Å². The van der Waals surface area contributed by atoms with Crippen LogP contribution in [0.1, 0.15) is 5.56 Å². The van der Waals surface area contributed by atoms with Crippen LogP contribution in [0.5, 0.6) is 5.75 Å². The lowest BCUT2D eigenvalue weighted by Gasteiger charge is -2.15. The highest BCUT2D eigenvalue weighted by Crippen LogP contribution is 2.39. The smallest absolute Gasteiger partial charge is 0.271 e. The second-order valence-corrected chi connectivity index (χ2v) is 7.99. The maximum Gasteiger partial charge on any atom is 0.271 e. The molecule has 0 aromatic heterocycles. The number of phenols is 1. The van der Waals surface area contributed by atoms with Gasteiger partial charge in [0.1, 0.15) is 5.75 Å². The Kier molecular flexibility index (Phi) is 5.62. The average Bonchev–Trinajstić information content (AvgIpc) is 3.02. The number of halogens is 2. The van der Waals surface area contributed by atoms with Crippen molar-refractivity contribution in [2.75, 3.05) is 4.90 Å². The number of nitrogens with zero attached hydrogens (tertiary/aromatic N) is 2. The zero-order chi connectivity index (χ0) is 20.4.